The number of nitrogens with zero attached hydrogens (tertiary/aromatic N) is 5. The van der Waals surface area contributed by atoms with Crippen molar-refractivity contribution in [3.05, 3.63) is 27.9 Å². The number of nitrogens with one attached hydrogen (secondary N) is 2. The summed E-state index contributed by atoms with van der Waals surface area (Å²) in [5, 5.41) is 36.7. The molecule has 0 saturated carbocycles. The number of H-pyrrole nitrogens is 1. The van der Waals surface area contributed by atoms with Crippen LogP contribution in [0.15, 0.2) is 32.4 Å². The average Bonchev–Trinajstić information content (AvgIpc) is 3.44. The Morgan fingerprint density at radius 3 is 2.88 bits per heavy atom. The second-order valence-corrected chi connectivity index (χ2v) is 10.6. The number of thiazole rings is 1. The minimum absolute atomic E-state index is 0.0712. The van der Waals surface area contributed by atoms with Gasteiger partial charge in [-0.3, -0.25) is 14.5 Å². The van der Waals surface area contributed by atoms with Gasteiger partial charge in [-0.15, -0.1) is 40.0 Å². The molecular formula is C15H14N8O5S4. The molecule has 2 atom stereocenters. The third-order valence-corrected chi connectivity index (χ3v) is 8.59. The first-order chi connectivity index (χ1) is 15.4. The number of rotatable bonds is 8. The molecule has 2 aromatic rings. The molecule has 1 saturated heterocycles. The van der Waals surface area contributed by atoms with Crippen LogP contribution >= 0.6 is 46.6 Å². The number of amides is 2. The number of carboxylic acids is 1. The van der Waals surface area contributed by atoms with E-state index in [-0.39, 0.29) is 22.2 Å². The number of carbonyl (C=O) groups is 3. The normalized spacial score (nSPS) is 20.7. The molecule has 1 fully saturated rings. The molecule has 2 amide bonds. The SMILES string of the molecule is Nc1nc(/C(=N\O)C(=O)NC2C(=O)N3C(C(=O)O)=C(SCSc4cn[nH]n4)CSC23)cs1. The fourth-order valence-corrected chi connectivity index (χ4v) is 7.06. The second-order valence-electron chi connectivity index (χ2n) is 6.17. The molecule has 0 spiro atoms. The lowest BCUT2D eigenvalue weighted by Gasteiger charge is -2.49. The van der Waals surface area contributed by atoms with Crippen LogP contribution in [0.1, 0.15) is 5.69 Å². The summed E-state index contributed by atoms with van der Waals surface area (Å²) < 4.78 is 0. The number of thioether (sulfide) groups is 3. The number of carbonyl (C=O) groups excluding carboxylic acids is 2. The lowest BCUT2D eigenvalue weighted by Crippen LogP contribution is -2.71. The first-order valence-electron chi connectivity index (χ1n) is 8.67. The van der Waals surface area contributed by atoms with E-state index in [0.717, 1.165) is 11.3 Å². The van der Waals surface area contributed by atoms with Crippen molar-refractivity contribution in [2.75, 3.05) is 16.6 Å². The molecule has 17 heteroatoms. The first kappa shape index (κ1) is 22.4. The maximum atomic E-state index is 12.7. The van der Waals surface area contributed by atoms with Gasteiger partial charge in [-0.2, -0.15) is 10.3 Å². The van der Waals surface area contributed by atoms with Gasteiger partial charge in [0.2, 0.25) is 0 Å². The molecule has 0 aliphatic carbocycles. The van der Waals surface area contributed by atoms with Gasteiger partial charge in [0.15, 0.2) is 10.8 Å². The van der Waals surface area contributed by atoms with Crippen LogP contribution in [-0.4, -0.2) is 81.4 Å². The number of carboxylic acid groups (broad SMARTS) is 1. The lowest BCUT2D eigenvalue weighted by molar-refractivity contribution is -0.150. The number of hydrogen-bond acceptors (Lipinski definition) is 13. The van der Waals surface area contributed by atoms with Gasteiger partial charge in [-0.25, -0.2) is 9.78 Å². The number of aromatic amines is 1. The quantitative estimate of drug-likeness (QED) is 0.0801. The summed E-state index contributed by atoms with van der Waals surface area (Å²) in [6.45, 7) is 0. The number of β-lactam (4-membered cyclic amide) rings is 1. The Labute approximate surface area is 196 Å². The van der Waals surface area contributed by atoms with Crippen molar-refractivity contribution < 1.29 is 24.7 Å². The van der Waals surface area contributed by atoms with Gasteiger partial charge in [-0.1, -0.05) is 16.9 Å². The van der Waals surface area contributed by atoms with Crippen LogP contribution in [0.5, 0.6) is 0 Å². The Hall–Kier alpha value is -2.76. The Bertz CT molecular complexity index is 1120. The van der Waals surface area contributed by atoms with Crippen LogP contribution in [0.3, 0.4) is 0 Å². The third kappa shape index (κ3) is 4.27. The zero-order valence-corrected chi connectivity index (χ0v) is 19.1. The predicted molar refractivity (Wildman–Crippen MR) is 119 cm³/mol. The highest BCUT2D eigenvalue weighted by molar-refractivity contribution is 8.18. The number of aromatic nitrogens is 4. The van der Waals surface area contributed by atoms with E-state index in [9.17, 15) is 24.7 Å². The third-order valence-electron chi connectivity index (χ3n) is 4.34. The summed E-state index contributed by atoms with van der Waals surface area (Å²) in [5.74, 6) is -2.25. The Kier molecular flexibility index (Phi) is 6.58. The molecule has 6 N–H and O–H groups in total. The maximum Gasteiger partial charge on any atom is 0.353 e. The number of aliphatic carboxylic acids is 1. The molecule has 2 aliphatic rings. The van der Waals surface area contributed by atoms with E-state index >= 15 is 0 Å². The minimum atomic E-state index is -1.22. The summed E-state index contributed by atoms with van der Waals surface area (Å²) in [6.07, 6.45) is 1.56. The predicted octanol–water partition coefficient (Wildman–Crippen LogP) is 0.201. The molecule has 0 aromatic carbocycles. The van der Waals surface area contributed by atoms with Crippen molar-refractivity contribution in [2.45, 2.75) is 16.4 Å². The number of oxime groups is 1. The van der Waals surface area contributed by atoms with Crippen molar-refractivity contribution in [1.82, 2.24) is 30.6 Å². The first-order valence-corrected chi connectivity index (χ1v) is 12.6. The summed E-state index contributed by atoms with van der Waals surface area (Å²) in [4.78, 5) is 42.8. The largest absolute Gasteiger partial charge is 0.477 e. The van der Waals surface area contributed by atoms with Crippen LogP contribution in [0.25, 0.3) is 0 Å². The van der Waals surface area contributed by atoms with Crippen LogP contribution in [0.2, 0.25) is 0 Å². The maximum absolute atomic E-state index is 12.7. The van der Waals surface area contributed by atoms with E-state index in [1.165, 1.54) is 45.6 Å². The van der Waals surface area contributed by atoms with Crippen LogP contribution in [0, 0.1) is 0 Å². The topological polar surface area (TPSA) is 200 Å². The second kappa shape index (κ2) is 9.39. The Morgan fingerprint density at radius 2 is 2.25 bits per heavy atom. The van der Waals surface area contributed by atoms with E-state index in [4.69, 9.17) is 5.73 Å². The average molecular weight is 515 g/mol. The molecule has 2 aromatic heterocycles. The summed E-state index contributed by atoms with van der Waals surface area (Å²) >= 11 is 5.08. The minimum Gasteiger partial charge on any atom is -0.477 e. The van der Waals surface area contributed by atoms with Crippen LogP contribution < -0.4 is 11.1 Å². The molecule has 2 unspecified atom stereocenters. The monoisotopic (exact) mass is 514 g/mol. The summed E-state index contributed by atoms with van der Waals surface area (Å²) in [5.41, 5.74) is 5.12. The number of anilines is 1. The molecule has 0 bridgehead atoms. The standard InChI is InChI=1S/C15H14N8O5S4/c16-15-18-5(2-30-15)8(21-28)11(24)19-9-12(25)23-10(14(26)27)6(3-29-13(9)23)31-4-32-7-1-17-22-20-7/h1-2,9,13,28H,3-4H2,(H2,16,18)(H,19,24)(H,26,27)(H,17,20,22)/b21-8+. The molecule has 0 radical (unpaired) electrons. The van der Waals surface area contributed by atoms with Crippen LogP contribution in [0.4, 0.5) is 5.13 Å². The van der Waals surface area contributed by atoms with Crippen LogP contribution in [-0.2, 0) is 14.4 Å². The molecule has 4 heterocycles. The number of nitrogen functional groups attached to an aromatic ring is 1. The van der Waals surface area contributed by atoms with Crippen molar-refractivity contribution in [3.8, 4) is 0 Å². The highest BCUT2D eigenvalue weighted by Crippen LogP contribution is 2.44. The fraction of sp³-hybridized carbons (Fsp3) is 0.267. The van der Waals surface area contributed by atoms with Gasteiger partial charge >= 0.3 is 5.97 Å². The molecule has 13 nitrogen and oxygen atoms in total. The van der Waals surface area contributed by atoms with Crippen molar-refractivity contribution in [1.29, 1.82) is 0 Å². The number of nitrogens with two attached hydrogens (primary N) is 1. The van der Waals surface area contributed by atoms with Gasteiger partial charge in [-0.05, 0) is 0 Å². The van der Waals surface area contributed by atoms with Gasteiger partial charge in [0, 0.05) is 16.0 Å². The highest BCUT2D eigenvalue weighted by atomic mass is 32.2. The molecular weight excluding hydrogens is 500 g/mol. The van der Waals surface area contributed by atoms with E-state index in [2.05, 4.69) is 30.9 Å². The van der Waals surface area contributed by atoms with Gasteiger partial charge in [0.1, 0.15) is 27.8 Å². The zero-order chi connectivity index (χ0) is 22.8. The Morgan fingerprint density at radius 1 is 1.44 bits per heavy atom. The van der Waals surface area contributed by atoms with Crippen molar-refractivity contribution in [3.63, 3.8) is 0 Å². The number of fused-ring (bicyclic) bond motifs is 1. The van der Waals surface area contributed by atoms with Gasteiger partial charge < -0.3 is 21.4 Å². The fourth-order valence-electron chi connectivity index (χ4n) is 2.94. The summed E-state index contributed by atoms with van der Waals surface area (Å²) in [7, 11) is 0. The zero-order valence-electron chi connectivity index (χ0n) is 15.8. The van der Waals surface area contributed by atoms with Gasteiger partial charge in [0.05, 0.1) is 11.3 Å². The van der Waals surface area contributed by atoms with Crippen molar-refractivity contribution >= 4 is 75.2 Å². The van der Waals surface area contributed by atoms with E-state index < -0.39 is 29.2 Å². The van der Waals surface area contributed by atoms with E-state index in [0.29, 0.717) is 20.8 Å². The molecule has 4 rings (SSSR count). The highest BCUT2D eigenvalue weighted by Gasteiger charge is 2.54. The summed E-state index contributed by atoms with van der Waals surface area (Å²) in [6, 6.07) is -0.967. The smallest absolute Gasteiger partial charge is 0.353 e. The van der Waals surface area contributed by atoms with E-state index in [1.54, 1.807) is 6.20 Å². The lowest BCUT2D eigenvalue weighted by atomic mass is 10.0. The van der Waals surface area contributed by atoms with Gasteiger partial charge in [0.25, 0.3) is 11.8 Å². The number of hydrogen-bond donors (Lipinski definition) is 5. The molecule has 2 aliphatic heterocycles. The Balaban J connectivity index is 1.44. The molecule has 32 heavy (non-hydrogen) atoms. The van der Waals surface area contributed by atoms with Crippen molar-refractivity contribution in [2.24, 2.45) is 5.16 Å². The van der Waals surface area contributed by atoms with E-state index in [1.807, 2.05) is 0 Å². The molecule has 168 valence electrons.